The van der Waals surface area contributed by atoms with E-state index < -0.39 is 53.9 Å². The first kappa shape index (κ1) is 79.6. The number of nitrogens with zero attached hydrogens (tertiary/aromatic N) is 4. The van der Waals surface area contributed by atoms with Gasteiger partial charge in [0.25, 0.3) is 0 Å². The van der Waals surface area contributed by atoms with Crippen LogP contribution in [0.3, 0.4) is 0 Å². The third-order valence-electron chi connectivity index (χ3n) is 15.9. The molecule has 6 rings (SSSR count). The number of nitrogens with one attached hydrogen (secondary N) is 6. The topological polar surface area (TPSA) is 340 Å². The maximum atomic E-state index is 14.5. The zero-order chi connectivity index (χ0) is 71.3. The average molecular weight is 1380 g/mol. The second kappa shape index (κ2) is 43.9. The Balaban J connectivity index is 0.897. The van der Waals surface area contributed by atoms with Crippen LogP contribution in [-0.4, -0.2) is 234 Å². The number of rotatable bonds is 44. The Labute approximate surface area is 579 Å². The van der Waals surface area contributed by atoms with Crippen LogP contribution >= 0.6 is 0 Å². The Morgan fingerprint density at radius 2 is 1.14 bits per heavy atom. The summed E-state index contributed by atoms with van der Waals surface area (Å²) in [5, 5.41) is 16.2. The summed E-state index contributed by atoms with van der Waals surface area (Å²) in [6, 6.07) is 23.8. The van der Waals surface area contributed by atoms with E-state index >= 15 is 0 Å². The van der Waals surface area contributed by atoms with Gasteiger partial charge >= 0.3 is 12.1 Å². The number of hydrogen-bond donors (Lipinski definition) is 7. The molecule has 544 valence electrons. The van der Waals surface area contributed by atoms with Crippen LogP contribution in [0.1, 0.15) is 71.6 Å². The molecule has 0 aliphatic carbocycles. The molecule has 0 radical (unpaired) electrons. The highest BCUT2D eigenvalue weighted by Crippen LogP contribution is 2.43. The van der Waals surface area contributed by atoms with Gasteiger partial charge in [-0.1, -0.05) is 51.1 Å². The van der Waals surface area contributed by atoms with Gasteiger partial charge in [0.1, 0.15) is 37.7 Å². The SMILES string of the molecule is CCC(=O)N1c2ccccc2[C@H](N(C(=O)OCc2ccc(NC(=O)[C@H](C)NC(=O)[C@@H](NC(=O)COCCOCCOCCOCCOCCOCCOCCOCCN)C(C)C)cc2)c2ccc(NC(=O)CNC(=O)Nc3ccc(OCCN4CCN(C)C(=O)[C@H]4C)cc3)cc2)C[C@@H]1C. The first-order valence-corrected chi connectivity index (χ1v) is 33.7. The van der Waals surface area contributed by atoms with E-state index in [1.54, 1.807) is 110 Å². The maximum Gasteiger partial charge on any atom is 0.415 e. The van der Waals surface area contributed by atoms with Crippen molar-refractivity contribution in [2.24, 2.45) is 11.7 Å². The highest BCUT2D eigenvalue weighted by Gasteiger charge is 2.39. The van der Waals surface area contributed by atoms with E-state index in [1.807, 2.05) is 38.1 Å². The predicted molar refractivity (Wildman–Crippen MR) is 371 cm³/mol. The highest BCUT2D eigenvalue weighted by atomic mass is 16.6. The van der Waals surface area contributed by atoms with Crippen molar-refractivity contribution in [3.63, 3.8) is 0 Å². The molecule has 99 heavy (non-hydrogen) atoms. The van der Waals surface area contributed by atoms with Gasteiger partial charge in [-0.3, -0.25) is 38.6 Å². The molecular weight excluding hydrogens is 1280 g/mol. The summed E-state index contributed by atoms with van der Waals surface area (Å²) in [5.74, 6) is -1.81. The van der Waals surface area contributed by atoms with Gasteiger partial charge in [0.15, 0.2) is 0 Å². The molecule has 4 aromatic rings. The molecule has 29 heteroatoms. The predicted octanol–water partition coefficient (Wildman–Crippen LogP) is 5.08. The van der Waals surface area contributed by atoms with E-state index in [-0.39, 0.29) is 69.2 Å². The lowest BCUT2D eigenvalue weighted by Crippen LogP contribution is -2.55. The van der Waals surface area contributed by atoms with Gasteiger partial charge in [0, 0.05) is 74.1 Å². The van der Waals surface area contributed by atoms with Crippen molar-refractivity contribution in [3.8, 4) is 5.75 Å². The van der Waals surface area contributed by atoms with Crippen LogP contribution in [0.25, 0.3) is 0 Å². The van der Waals surface area contributed by atoms with E-state index in [4.69, 9.17) is 53.1 Å². The van der Waals surface area contributed by atoms with E-state index in [0.717, 1.165) is 12.1 Å². The van der Waals surface area contributed by atoms with Crippen molar-refractivity contribution in [3.05, 3.63) is 108 Å². The molecule has 9 amide bonds. The zero-order valence-corrected chi connectivity index (χ0v) is 58.1. The van der Waals surface area contributed by atoms with Crippen LogP contribution in [0.15, 0.2) is 97.1 Å². The van der Waals surface area contributed by atoms with Crippen molar-refractivity contribution in [2.75, 3.05) is 178 Å². The number of benzene rings is 4. The molecule has 2 aliphatic rings. The number of para-hydroxylation sites is 1. The van der Waals surface area contributed by atoms with Crippen LogP contribution in [0, 0.1) is 5.92 Å². The molecule has 5 atom stereocenters. The number of ether oxygens (including phenoxy) is 10. The lowest BCUT2D eigenvalue weighted by Gasteiger charge is -2.43. The first-order chi connectivity index (χ1) is 47.9. The second-order valence-corrected chi connectivity index (χ2v) is 23.8. The quantitative estimate of drug-likeness (QED) is 0.0284. The minimum Gasteiger partial charge on any atom is -0.492 e. The number of amides is 9. The normalized spacial score (nSPS) is 15.9. The van der Waals surface area contributed by atoms with Crippen molar-refractivity contribution in [2.45, 2.75) is 91.2 Å². The Kier molecular flexibility index (Phi) is 35.3. The van der Waals surface area contributed by atoms with E-state index in [9.17, 15) is 38.4 Å². The van der Waals surface area contributed by atoms with Crippen LogP contribution in [0.4, 0.5) is 38.0 Å². The van der Waals surface area contributed by atoms with E-state index in [1.165, 1.54) is 11.8 Å². The molecule has 2 aliphatic heterocycles. The van der Waals surface area contributed by atoms with Crippen LogP contribution < -0.4 is 52.2 Å². The zero-order valence-electron chi connectivity index (χ0n) is 58.1. The van der Waals surface area contributed by atoms with Gasteiger partial charge in [-0.25, -0.2) is 9.59 Å². The van der Waals surface area contributed by atoms with E-state index in [2.05, 4.69) is 36.8 Å². The molecule has 2 heterocycles. The number of carbonyl (C=O) groups excluding carboxylic acids is 8. The number of piperazine rings is 1. The number of nitrogens with two attached hydrogens (primary N) is 1. The fourth-order valence-electron chi connectivity index (χ4n) is 10.6. The molecule has 0 spiro atoms. The van der Waals surface area contributed by atoms with Gasteiger partial charge in [-0.05, 0) is 111 Å². The highest BCUT2D eigenvalue weighted by molar-refractivity contribution is 6.00. The van der Waals surface area contributed by atoms with Crippen LogP contribution in [0.5, 0.6) is 5.75 Å². The Bertz CT molecular complexity index is 3130. The van der Waals surface area contributed by atoms with Gasteiger partial charge in [-0.2, -0.15) is 0 Å². The molecule has 1 saturated heterocycles. The third-order valence-corrected chi connectivity index (χ3v) is 15.9. The number of urea groups is 1. The molecule has 1 fully saturated rings. The minimum absolute atomic E-state index is 0.0602. The summed E-state index contributed by atoms with van der Waals surface area (Å²) in [4.78, 5) is 113. The van der Waals surface area contributed by atoms with Crippen LogP contribution in [-0.2, 0) is 78.0 Å². The number of hydrogen-bond acceptors (Lipinski definition) is 20. The summed E-state index contributed by atoms with van der Waals surface area (Å²) in [7, 11) is 1.80. The van der Waals surface area contributed by atoms with Gasteiger partial charge in [0.05, 0.1) is 118 Å². The van der Waals surface area contributed by atoms with Crippen molar-refractivity contribution >= 4 is 76.0 Å². The fourth-order valence-corrected chi connectivity index (χ4v) is 10.6. The monoisotopic (exact) mass is 1380 g/mol. The number of carbonyl (C=O) groups is 8. The molecule has 0 bridgehead atoms. The largest absolute Gasteiger partial charge is 0.492 e. The smallest absolute Gasteiger partial charge is 0.415 e. The molecule has 29 nitrogen and oxygen atoms in total. The minimum atomic E-state index is -0.999. The van der Waals surface area contributed by atoms with Crippen LogP contribution in [0.2, 0.25) is 0 Å². The lowest BCUT2D eigenvalue weighted by molar-refractivity contribution is -0.139. The van der Waals surface area contributed by atoms with Gasteiger partial charge in [0.2, 0.25) is 35.4 Å². The maximum absolute atomic E-state index is 14.5. The molecule has 0 saturated carbocycles. The Morgan fingerprint density at radius 1 is 0.606 bits per heavy atom. The summed E-state index contributed by atoms with van der Waals surface area (Å²) < 4.78 is 55.5. The van der Waals surface area contributed by atoms with Crippen molar-refractivity contribution < 1.29 is 85.7 Å². The van der Waals surface area contributed by atoms with E-state index in [0.29, 0.717) is 158 Å². The van der Waals surface area contributed by atoms with Crippen molar-refractivity contribution in [1.82, 2.24) is 25.8 Å². The number of likely N-dealkylation sites (N-methyl/N-ethyl adjacent to an activating group) is 1. The molecule has 0 aromatic heterocycles. The summed E-state index contributed by atoms with van der Waals surface area (Å²) in [5.41, 5.74) is 9.09. The standard InChI is InChI=1S/C70H101N11O18/c1-8-64(84)80-50(4)45-61(59-11-9-10-12-60(59)80)81(57-21-17-54(18-22-57)74-62(82)46-72-69(88)76-56-19-23-58(24-20-56)98-30-28-79-27-26-78(7)68(87)52(79)6)70(89)99-47-53-13-15-55(16-14-53)75-66(85)51(5)73-67(86)65(49(2)3)77-63(83)48-97-44-43-96-42-41-95-40-39-94-38-37-93-36-35-92-34-33-91-32-31-90-29-25-71/h9-24,49-52,61,65H,8,25-48,71H2,1-7H3,(H,73,86)(H,74,82)(H,75,85)(H,77,83)(H2,72,76,88)/t50-,51-,52+,61+,65-/m0/s1. The Morgan fingerprint density at radius 3 is 1.72 bits per heavy atom. The number of fused-ring (bicyclic) bond motifs is 1. The first-order valence-electron chi connectivity index (χ1n) is 33.7. The fraction of sp³-hybridized carbons (Fsp3) is 0.543. The summed E-state index contributed by atoms with van der Waals surface area (Å²) in [6.45, 7) is 18.8. The summed E-state index contributed by atoms with van der Waals surface area (Å²) in [6.07, 6.45) is -0.0358. The summed E-state index contributed by atoms with van der Waals surface area (Å²) >= 11 is 0. The Hall–Kier alpha value is -8.36. The average Bonchev–Trinajstić information content (AvgIpc) is 0.760. The lowest BCUT2D eigenvalue weighted by atomic mass is 9.90. The molecule has 0 unspecified atom stereocenters. The second-order valence-electron chi connectivity index (χ2n) is 23.8. The van der Waals surface area contributed by atoms with Gasteiger partial charge in [-0.15, -0.1) is 0 Å². The van der Waals surface area contributed by atoms with Crippen molar-refractivity contribution in [1.29, 1.82) is 0 Å². The molecule has 8 N–H and O–H groups in total. The van der Waals surface area contributed by atoms with Gasteiger partial charge < -0.3 is 94.8 Å². The molecular formula is C70H101N11O18. The molecule has 4 aromatic carbocycles. The third kappa shape index (κ3) is 27.7. The number of anilines is 5.